The van der Waals surface area contributed by atoms with Gasteiger partial charge in [-0.05, 0) is 48.0 Å². The van der Waals surface area contributed by atoms with Gasteiger partial charge in [0.25, 0.3) is 0 Å². The van der Waals surface area contributed by atoms with Gasteiger partial charge in [-0.2, -0.15) is 5.26 Å². The van der Waals surface area contributed by atoms with Gasteiger partial charge in [0.05, 0.1) is 13.0 Å². The molecule has 0 saturated carbocycles. The van der Waals surface area contributed by atoms with E-state index in [9.17, 15) is 10.1 Å². The monoisotopic (exact) mass is 506 g/mol. The Bertz CT molecular complexity index is 1260. The van der Waals surface area contributed by atoms with E-state index in [0.717, 1.165) is 15.6 Å². The van der Waals surface area contributed by atoms with Crippen LogP contribution in [-0.2, 0) is 4.79 Å². The predicted molar refractivity (Wildman–Crippen MR) is 124 cm³/mol. The summed E-state index contributed by atoms with van der Waals surface area (Å²) in [5, 5.41) is 9.67. The maximum atomic E-state index is 12.3. The number of halogens is 1. The van der Waals surface area contributed by atoms with Gasteiger partial charge in [0.1, 0.15) is 34.6 Å². The molecule has 3 aromatic carbocycles. The lowest BCUT2D eigenvalue weighted by molar-refractivity contribution is -0.136. The number of ether oxygens (including phenoxy) is 4. The second-order valence-corrected chi connectivity index (χ2v) is 8.03. The van der Waals surface area contributed by atoms with Crippen molar-refractivity contribution in [3.8, 4) is 29.1 Å². The Balaban J connectivity index is 1.51. The second-order valence-electron chi connectivity index (χ2n) is 7.12. The first kappa shape index (κ1) is 22.2. The van der Waals surface area contributed by atoms with Crippen LogP contribution in [0.5, 0.6) is 23.0 Å². The molecule has 1 aliphatic heterocycles. The Morgan fingerprint density at radius 3 is 2.52 bits per heavy atom. The van der Waals surface area contributed by atoms with Crippen LogP contribution in [0.4, 0.5) is 0 Å². The SMILES string of the molecule is COc1ccc(OCC(=O)Oc2ccc3c(c2)OC(N)=C(C#N)C3c2cccc(Br)c2)cc1. The van der Waals surface area contributed by atoms with Crippen LogP contribution in [0.2, 0.25) is 0 Å². The van der Waals surface area contributed by atoms with Gasteiger partial charge in [-0.3, -0.25) is 0 Å². The van der Waals surface area contributed by atoms with Crippen molar-refractivity contribution in [2.24, 2.45) is 5.73 Å². The highest BCUT2D eigenvalue weighted by atomic mass is 79.9. The Hall–Kier alpha value is -3.96. The Morgan fingerprint density at radius 1 is 1.09 bits per heavy atom. The Kier molecular flexibility index (Phi) is 6.52. The molecule has 2 N–H and O–H groups in total. The first-order valence-electron chi connectivity index (χ1n) is 9.93. The Labute approximate surface area is 199 Å². The molecule has 0 aromatic heterocycles. The van der Waals surface area contributed by atoms with Gasteiger partial charge in [-0.1, -0.05) is 34.1 Å². The third-order valence-electron chi connectivity index (χ3n) is 5.02. The van der Waals surface area contributed by atoms with E-state index in [1.807, 2.05) is 24.3 Å². The van der Waals surface area contributed by atoms with Gasteiger partial charge in [0.15, 0.2) is 6.61 Å². The molecular formula is C25H19BrN2O5. The summed E-state index contributed by atoms with van der Waals surface area (Å²) in [5.41, 5.74) is 7.98. The number of benzene rings is 3. The van der Waals surface area contributed by atoms with Gasteiger partial charge in [0.2, 0.25) is 5.88 Å². The number of nitriles is 1. The molecular weight excluding hydrogens is 488 g/mol. The van der Waals surface area contributed by atoms with E-state index in [4.69, 9.17) is 24.7 Å². The molecule has 1 aliphatic rings. The molecule has 33 heavy (non-hydrogen) atoms. The smallest absolute Gasteiger partial charge is 0.349 e. The van der Waals surface area contributed by atoms with Crippen molar-refractivity contribution >= 4 is 21.9 Å². The number of carbonyl (C=O) groups excluding carboxylic acids is 1. The number of esters is 1. The number of hydrogen-bond donors (Lipinski definition) is 1. The van der Waals surface area contributed by atoms with Gasteiger partial charge in [-0.15, -0.1) is 0 Å². The van der Waals surface area contributed by atoms with Crippen LogP contribution in [0.15, 0.2) is 82.7 Å². The average Bonchev–Trinajstić information content (AvgIpc) is 2.82. The standard InChI is InChI=1S/C25H19BrN2O5/c1-30-17-5-7-18(8-6-17)31-14-23(29)32-19-9-10-20-22(12-19)33-25(28)21(13-27)24(20)15-3-2-4-16(26)11-15/h2-12,24H,14,28H2,1H3. The van der Waals surface area contributed by atoms with Gasteiger partial charge < -0.3 is 24.7 Å². The molecule has 0 bridgehead atoms. The third kappa shape index (κ3) is 4.94. The van der Waals surface area contributed by atoms with Crippen molar-refractivity contribution in [1.29, 1.82) is 5.26 Å². The van der Waals surface area contributed by atoms with E-state index >= 15 is 0 Å². The zero-order chi connectivity index (χ0) is 23.4. The first-order chi connectivity index (χ1) is 16.0. The summed E-state index contributed by atoms with van der Waals surface area (Å²) < 4.78 is 22.5. The summed E-state index contributed by atoms with van der Waals surface area (Å²) in [7, 11) is 1.57. The van der Waals surface area contributed by atoms with Crippen LogP contribution in [0, 0.1) is 11.3 Å². The lowest BCUT2D eigenvalue weighted by Crippen LogP contribution is -2.21. The van der Waals surface area contributed by atoms with Crippen molar-refractivity contribution in [2.45, 2.75) is 5.92 Å². The van der Waals surface area contributed by atoms with Gasteiger partial charge >= 0.3 is 5.97 Å². The van der Waals surface area contributed by atoms with E-state index in [1.165, 1.54) is 0 Å². The summed E-state index contributed by atoms with van der Waals surface area (Å²) in [5.74, 6) is 0.927. The number of fused-ring (bicyclic) bond motifs is 1. The Morgan fingerprint density at radius 2 is 1.82 bits per heavy atom. The van der Waals surface area contributed by atoms with Crippen LogP contribution in [-0.4, -0.2) is 19.7 Å². The number of nitrogens with two attached hydrogens (primary N) is 1. The highest BCUT2D eigenvalue weighted by molar-refractivity contribution is 9.10. The normalized spacial score (nSPS) is 14.5. The van der Waals surface area contributed by atoms with Crippen LogP contribution in [0.25, 0.3) is 0 Å². The number of allylic oxidation sites excluding steroid dienone is 1. The fourth-order valence-corrected chi connectivity index (χ4v) is 3.92. The molecule has 166 valence electrons. The molecule has 0 spiro atoms. The maximum absolute atomic E-state index is 12.3. The van der Waals surface area contributed by atoms with E-state index in [2.05, 4.69) is 22.0 Å². The average molecular weight is 507 g/mol. The number of rotatable bonds is 6. The molecule has 4 rings (SSSR count). The molecule has 0 amide bonds. The highest BCUT2D eigenvalue weighted by Gasteiger charge is 2.31. The minimum atomic E-state index is -0.577. The lowest BCUT2D eigenvalue weighted by Gasteiger charge is -2.26. The van der Waals surface area contributed by atoms with Gasteiger partial charge in [0, 0.05) is 16.1 Å². The number of carbonyl (C=O) groups is 1. The maximum Gasteiger partial charge on any atom is 0.349 e. The molecule has 1 atom stereocenters. The summed E-state index contributed by atoms with van der Waals surface area (Å²) in [6.45, 7) is -0.272. The fourth-order valence-electron chi connectivity index (χ4n) is 3.50. The molecule has 7 nitrogen and oxygen atoms in total. The van der Waals surface area contributed by atoms with Crippen molar-refractivity contribution in [2.75, 3.05) is 13.7 Å². The lowest BCUT2D eigenvalue weighted by atomic mass is 9.83. The van der Waals surface area contributed by atoms with E-state index < -0.39 is 11.9 Å². The fraction of sp³-hybridized carbons (Fsp3) is 0.120. The highest BCUT2D eigenvalue weighted by Crippen LogP contribution is 2.43. The molecule has 1 unspecified atom stereocenters. The first-order valence-corrected chi connectivity index (χ1v) is 10.7. The molecule has 0 fully saturated rings. The predicted octanol–water partition coefficient (Wildman–Crippen LogP) is 4.66. The van der Waals surface area contributed by atoms with E-state index in [-0.39, 0.29) is 18.2 Å². The summed E-state index contributed by atoms with van der Waals surface area (Å²) in [4.78, 5) is 12.3. The van der Waals surface area contributed by atoms with E-state index in [1.54, 1.807) is 49.6 Å². The minimum Gasteiger partial charge on any atom is -0.497 e. The van der Waals surface area contributed by atoms with Gasteiger partial charge in [-0.25, -0.2) is 4.79 Å². The zero-order valence-electron chi connectivity index (χ0n) is 17.6. The number of methoxy groups -OCH3 is 1. The van der Waals surface area contributed by atoms with Crippen LogP contribution in [0.3, 0.4) is 0 Å². The largest absolute Gasteiger partial charge is 0.497 e. The van der Waals surface area contributed by atoms with Crippen LogP contribution < -0.4 is 24.7 Å². The molecule has 0 aliphatic carbocycles. The van der Waals surface area contributed by atoms with Crippen molar-refractivity contribution < 1.29 is 23.7 Å². The second kappa shape index (κ2) is 9.67. The van der Waals surface area contributed by atoms with Crippen LogP contribution >= 0.6 is 15.9 Å². The topological polar surface area (TPSA) is 104 Å². The minimum absolute atomic E-state index is 0.0151. The third-order valence-corrected chi connectivity index (χ3v) is 5.51. The van der Waals surface area contributed by atoms with Crippen molar-refractivity contribution in [3.63, 3.8) is 0 Å². The number of hydrogen-bond acceptors (Lipinski definition) is 7. The molecule has 8 heteroatoms. The number of nitrogens with zero attached hydrogens (tertiary/aromatic N) is 1. The molecule has 0 saturated heterocycles. The summed E-state index contributed by atoms with van der Waals surface area (Å²) >= 11 is 3.47. The summed E-state index contributed by atoms with van der Waals surface area (Å²) in [6, 6.07) is 21.6. The summed E-state index contributed by atoms with van der Waals surface area (Å²) in [6.07, 6.45) is 0. The zero-order valence-corrected chi connectivity index (χ0v) is 19.2. The van der Waals surface area contributed by atoms with E-state index in [0.29, 0.717) is 22.8 Å². The van der Waals surface area contributed by atoms with Crippen LogP contribution in [0.1, 0.15) is 17.0 Å². The quantitative estimate of drug-likeness (QED) is 0.382. The molecule has 0 radical (unpaired) electrons. The molecule has 3 aromatic rings. The molecule has 1 heterocycles. The van der Waals surface area contributed by atoms with Crippen molar-refractivity contribution in [1.82, 2.24) is 0 Å². The van der Waals surface area contributed by atoms with Crippen molar-refractivity contribution in [3.05, 3.63) is 93.8 Å².